The van der Waals surface area contributed by atoms with Crippen LogP contribution in [0.2, 0.25) is 5.02 Å². The second-order valence-electron chi connectivity index (χ2n) is 4.83. The minimum atomic E-state index is 0.765. The molecule has 0 aromatic heterocycles. The van der Waals surface area contributed by atoms with Gasteiger partial charge in [0.15, 0.2) is 0 Å². The number of hydrogen-bond acceptors (Lipinski definition) is 2. The van der Waals surface area contributed by atoms with Crippen molar-refractivity contribution >= 4 is 33.2 Å². The van der Waals surface area contributed by atoms with Crippen LogP contribution in [0.5, 0.6) is 5.75 Å². The minimum absolute atomic E-state index is 0.765. The van der Waals surface area contributed by atoms with E-state index >= 15 is 0 Å². The number of para-hydroxylation sites is 2. The fourth-order valence-electron chi connectivity index (χ4n) is 2.42. The quantitative estimate of drug-likeness (QED) is 0.763. The zero-order valence-corrected chi connectivity index (χ0v) is 13.3. The summed E-state index contributed by atoms with van der Waals surface area (Å²) in [7, 11) is 0. The van der Waals surface area contributed by atoms with E-state index in [1.165, 1.54) is 0 Å². The van der Waals surface area contributed by atoms with Crippen LogP contribution < -0.4 is 9.64 Å². The van der Waals surface area contributed by atoms with Gasteiger partial charge in [-0.15, -0.1) is 0 Å². The van der Waals surface area contributed by atoms with Crippen LogP contribution in [0.25, 0.3) is 0 Å². The summed E-state index contributed by atoms with van der Waals surface area (Å²) in [6.45, 7) is 2.54. The molecule has 2 aromatic rings. The van der Waals surface area contributed by atoms with E-state index in [4.69, 9.17) is 16.3 Å². The molecule has 1 heterocycles. The lowest BCUT2D eigenvalue weighted by Gasteiger charge is -2.24. The molecule has 0 saturated carbocycles. The number of anilines is 1. The Morgan fingerprint density at radius 1 is 1.20 bits per heavy atom. The Labute approximate surface area is 132 Å². The average Bonchev–Trinajstić information content (AvgIpc) is 2.65. The van der Waals surface area contributed by atoms with Crippen molar-refractivity contribution in [1.82, 2.24) is 0 Å². The fourth-order valence-corrected chi connectivity index (χ4v) is 3.15. The Morgan fingerprint density at radius 3 is 2.90 bits per heavy atom. The van der Waals surface area contributed by atoms with Crippen molar-refractivity contribution in [2.75, 3.05) is 18.1 Å². The molecule has 0 bridgehead atoms. The van der Waals surface area contributed by atoms with Gasteiger partial charge in [-0.1, -0.05) is 45.7 Å². The van der Waals surface area contributed by atoms with Gasteiger partial charge in [0.2, 0.25) is 0 Å². The molecule has 2 nitrogen and oxygen atoms in total. The first-order valence-corrected chi connectivity index (χ1v) is 7.82. The number of halogens is 2. The number of rotatable bonds is 2. The first-order valence-electron chi connectivity index (χ1n) is 6.65. The van der Waals surface area contributed by atoms with Crippen molar-refractivity contribution in [3.63, 3.8) is 0 Å². The Hall–Kier alpha value is -1.19. The van der Waals surface area contributed by atoms with E-state index in [1.54, 1.807) is 0 Å². The van der Waals surface area contributed by atoms with E-state index in [2.05, 4.69) is 33.0 Å². The molecule has 2 aromatic carbocycles. The molecule has 20 heavy (non-hydrogen) atoms. The predicted octanol–water partition coefficient (Wildman–Crippen LogP) is 4.89. The van der Waals surface area contributed by atoms with Crippen LogP contribution >= 0.6 is 27.5 Å². The van der Waals surface area contributed by atoms with Gasteiger partial charge in [-0.25, -0.2) is 0 Å². The lowest BCUT2D eigenvalue weighted by atomic mass is 10.2. The zero-order chi connectivity index (χ0) is 13.9. The van der Waals surface area contributed by atoms with E-state index in [0.29, 0.717) is 0 Å². The molecule has 0 fully saturated rings. The van der Waals surface area contributed by atoms with Gasteiger partial charge >= 0.3 is 0 Å². The molecule has 1 aliphatic heterocycles. The summed E-state index contributed by atoms with van der Waals surface area (Å²) in [5, 5.41) is 0.794. The van der Waals surface area contributed by atoms with Crippen molar-refractivity contribution in [2.45, 2.75) is 13.0 Å². The molecule has 0 radical (unpaired) electrons. The predicted molar refractivity (Wildman–Crippen MR) is 86.8 cm³/mol. The van der Waals surface area contributed by atoms with Crippen LogP contribution in [0, 0.1) is 0 Å². The summed E-state index contributed by atoms with van der Waals surface area (Å²) in [6.07, 6.45) is 1.02. The van der Waals surface area contributed by atoms with Gasteiger partial charge in [-0.05, 0) is 36.2 Å². The Bertz CT molecular complexity index is 617. The van der Waals surface area contributed by atoms with Crippen LogP contribution in [0.4, 0.5) is 5.69 Å². The Balaban J connectivity index is 1.90. The molecule has 0 spiro atoms. The second-order valence-corrected chi connectivity index (χ2v) is 6.15. The fraction of sp³-hybridized carbons (Fsp3) is 0.250. The van der Waals surface area contributed by atoms with Gasteiger partial charge in [0, 0.05) is 22.6 Å². The largest absolute Gasteiger partial charge is 0.491 e. The maximum Gasteiger partial charge on any atom is 0.142 e. The maximum absolute atomic E-state index is 6.33. The third-order valence-corrected chi connectivity index (χ3v) is 4.26. The van der Waals surface area contributed by atoms with Gasteiger partial charge in [-0.3, -0.25) is 0 Å². The molecule has 0 aliphatic carbocycles. The highest BCUT2D eigenvalue weighted by Crippen LogP contribution is 2.32. The van der Waals surface area contributed by atoms with Crippen LogP contribution in [0.15, 0.2) is 46.9 Å². The average molecular weight is 353 g/mol. The summed E-state index contributed by atoms with van der Waals surface area (Å²) in [5.74, 6) is 0.957. The molecule has 104 valence electrons. The lowest BCUT2D eigenvalue weighted by Crippen LogP contribution is -2.23. The van der Waals surface area contributed by atoms with Crippen LogP contribution in [-0.2, 0) is 6.54 Å². The topological polar surface area (TPSA) is 12.5 Å². The molecule has 0 unspecified atom stereocenters. The van der Waals surface area contributed by atoms with E-state index in [1.807, 2.05) is 30.3 Å². The van der Waals surface area contributed by atoms with E-state index in [9.17, 15) is 0 Å². The van der Waals surface area contributed by atoms with Gasteiger partial charge in [-0.2, -0.15) is 0 Å². The van der Waals surface area contributed by atoms with Gasteiger partial charge in [0.05, 0.1) is 12.3 Å². The van der Waals surface area contributed by atoms with Gasteiger partial charge < -0.3 is 9.64 Å². The van der Waals surface area contributed by atoms with Crippen molar-refractivity contribution in [3.8, 4) is 5.75 Å². The summed E-state index contributed by atoms with van der Waals surface area (Å²) >= 11 is 9.77. The summed E-state index contributed by atoms with van der Waals surface area (Å²) in [6, 6.07) is 14.2. The van der Waals surface area contributed by atoms with Crippen LogP contribution in [0.3, 0.4) is 0 Å². The van der Waals surface area contributed by atoms with Crippen molar-refractivity contribution in [3.05, 3.63) is 57.5 Å². The highest BCUT2D eigenvalue weighted by Gasteiger charge is 2.16. The Kier molecular flexibility index (Phi) is 4.18. The highest BCUT2D eigenvalue weighted by atomic mass is 79.9. The SMILES string of the molecule is Clc1cc(Br)ccc1CN1CCCOc2ccccc21. The number of nitrogens with zero attached hydrogens (tertiary/aromatic N) is 1. The van der Waals surface area contributed by atoms with E-state index in [-0.39, 0.29) is 0 Å². The third-order valence-electron chi connectivity index (χ3n) is 3.41. The van der Waals surface area contributed by atoms with Crippen LogP contribution in [0.1, 0.15) is 12.0 Å². The molecule has 1 aliphatic rings. The van der Waals surface area contributed by atoms with Crippen molar-refractivity contribution in [2.24, 2.45) is 0 Å². The molecule has 4 heteroatoms. The summed E-state index contributed by atoms with van der Waals surface area (Å²) in [4.78, 5) is 2.33. The molecular formula is C16H15BrClNO. The van der Waals surface area contributed by atoms with Gasteiger partial charge in [0.25, 0.3) is 0 Å². The molecule has 3 rings (SSSR count). The molecule has 0 N–H and O–H groups in total. The first-order chi connectivity index (χ1) is 9.74. The second kappa shape index (κ2) is 6.06. The maximum atomic E-state index is 6.33. The molecule has 0 atom stereocenters. The Morgan fingerprint density at radius 2 is 2.05 bits per heavy atom. The van der Waals surface area contributed by atoms with Crippen molar-refractivity contribution in [1.29, 1.82) is 0 Å². The minimum Gasteiger partial charge on any atom is -0.491 e. The standard InChI is InChI=1S/C16H15BrClNO/c17-13-7-6-12(14(18)10-13)11-19-8-3-9-20-16-5-2-1-4-15(16)19/h1-2,4-7,10H,3,8-9,11H2. The number of ether oxygens (including phenoxy) is 1. The molecule has 0 saturated heterocycles. The number of fused-ring (bicyclic) bond motifs is 1. The highest BCUT2D eigenvalue weighted by molar-refractivity contribution is 9.10. The third kappa shape index (κ3) is 2.94. The van der Waals surface area contributed by atoms with Gasteiger partial charge in [0.1, 0.15) is 5.75 Å². The number of benzene rings is 2. The van der Waals surface area contributed by atoms with Crippen LogP contribution in [-0.4, -0.2) is 13.2 Å². The van der Waals surface area contributed by atoms with Crippen molar-refractivity contribution < 1.29 is 4.74 Å². The zero-order valence-electron chi connectivity index (χ0n) is 11.0. The van der Waals surface area contributed by atoms with E-state index in [0.717, 1.165) is 52.6 Å². The molecule has 0 amide bonds. The monoisotopic (exact) mass is 351 g/mol. The normalized spacial score (nSPS) is 14.4. The first kappa shape index (κ1) is 13.8. The number of hydrogen-bond donors (Lipinski definition) is 0. The molecular weight excluding hydrogens is 338 g/mol. The smallest absolute Gasteiger partial charge is 0.142 e. The lowest BCUT2D eigenvalue weighted by molar-refractivity contribution is 0.322. The summed E-state index contributed by atoms with van der Waals surface area (Å²) < 4.78 is 6.79. The van der Waals surface area contributed by atoms with E-state index < -0.39 is 0 Å². The summed E-state index contributed by atoms with van der Waals surface area (Å²) in [5.41, 5.74) is 2.27.